The van der Waals surface area contributed by atoms with E-state index in [1.807, 2.05) is 12.1 Å². The first-order valence-corrected chi connectivity index (χ1v) is 8.69. The van der Waals surface area contributed by atoms with Crippen LogP contribution in [-0.2, 0) is 12.8 Å². The molecule has 2 aromatic rings. The van der Waals surface area contributed by atoms with E-state index in [-0.39, 0.29) is 12.4 Å². The summed E-state index contributed by atoms with van der Waals surface area (Å²) in [5.41, 5.74) is 3.99. The van der Waals surface area contributed by atoms with Crippen molar-refractivity contribution >= 4 is 24.0 Å². The molecule has 3 rings (SSSR count). The Morgan fingerprint density at radius 2 is 1.84 bits per heavy atom. The second kappa shape index (κ2) is 8.79. The van der Waals surface area contributed by atoms with E-state index in [1.165, 1.54) is 16.7 Å². The Morgan fingerprint density at radius 3 is 2.52 bits per heavy atom. The van der Waals surface area contributed by atoms with Gasteiger partial charge in [-0.15, -0.1) is 12.4 Å². The van der Waals surface area contributed by atoms with Gasteiger partial charge in [-0.2, -0.15) is 0 Å². The zero-order valence-corrected chi connectivity index (χ0v) is 16.5. The highest BCUT2D eigenvalue weighted by Gasteiger charge is 2.26. The highest BCUT2D eigenvalue weighted by atomic mass is 35.5. The van der Waals surface area contributed by atoms with Crippen molar-refractivity contribution < 1.29 is 9.47 Å². The van der Waals surface area contributed by atoms with Crippen molar-refractivity contribution in [2.24, 2.45) is 0 Å². The monoisotopic (exact) mass is 381 g/mol. The summed E-state index contributed by atoms with van der Waals surface area (Å²) in [6.07, 6.45) is 3.10. The van der Waals surface area contributed by atoms with Crippen molar-refractivity contribution in [1.82, 2.24) is 4.90 Å². The molecule has 25 heavy (non-hydrogen) atoms. The molecular weight excluding hydrogens is 357 g/mol. The number of hydrogen-bond donors (Lipinski definition) is 0. The van der Waals surface area contributed by atoms with Crippen molar-refractivity contribution in [3.05, 3.63) is 58.1 Å². The van der Waals surface area contributed by atoms with Crippen LogP contribution in [0.2, 0.25) is 5.02 Å². The number of ether oxygens (including phenoxy) is 2. The van der Waals surface area contributed by atoms with Crippen molar-refractivity contribution in [3.63, 3.8) is 0 Å². The molecule has 0 bridgehead atoms. The fraction of sp³-hybridized carbons (Fsp3) is 0.400. The minimum atomic E-state index is 0. The van der Waals surface area contributed by atoms with E-state index < -0.39 is 0 Å². The number of methoxy groups -OCH3 is 2. The molecule has 1 heterocycles. The topological polar surface area (TPSA) is 21.7 Å². The first-order valence-electron chi connectivity index (χ1n) is 8.32. The van der Waals surface area contributed by atoms with Crippen LogP contribution in [0.15, 0.2) is 36.4 Å². The number of nitrogens with zero attached hydrogens (tertiary/aromatic N) is 1. The Morgan fingerprint density at radius 1 is 1.12 bits per heavy atom. The third-order valence-electron chi connectivity index (χ3n) is 4.87. The van der Waals surface area contributed by atoms with Gasteiger partial charge in [0, 0.05) is 17.6 Å². The molecule has 0 saturated carbocycles. The maximum Gasteiger partial charge on any atom is 0.161 e. The minimum absolute atomic E-state index is 0. The average molecular weight is 382 g/mol. The van der Waals surface area contributed by atoms with Gasteiger partial charge in [-0.3, -0.25) is 4.90 Å². The fourth-order valence-electron chi connectivity index (χ4n) is 3.53. The van der Waals surface area contributed by atoms with E-state index in [9.17, 15) is 0 Å². The lowest BCUT2D eigenvalue weighted by Gasteiger charge is -2.35. The first-order chi connectivity index (χ1) is 11.6. The van der Waals surface area contributed by atoms with Crippen LogP contribution >= 0.6 is 24.0 Å². The van der Waals surface area contributed by atoms with E-state index >= 15 is 0 Å². The minimum Gasteiger partial charge on any atom is -0.493 e. The normalized spacial score (nSPS) is 16.7. The second-order valence-corrected chi connectivity index (χ2v) is 6.76. The molecule has 5 heteroatoms. The standard InChI is InChI=1S/C20H24ClNO2.ClH/c1-22-10-9-15-12-19(23-2)20(24-3)13-17(15)18(22)8-7-14-5-4-6-16(21)11-14;/h4-6,11-13,18H,7-10H2,1-3H3;1H. The van der Waals surface area contributed by atoms with Gasteiger partial charge in [0.1, 0.15) is 0 Å². The zero-order chi connectivity index (χ0) is 17.1. The fourth-order valence-corrected chi connectivity index (χ4v) is 3.74. The lowest BCUT2D eigenvalue weighted by molar-refractivity contribution is 0.218. The lowest BCUT2D eigenvalue weighted by atomic mass is 9.89. The molecule has 0 radical (unpaired) electrons. The number of rotatable bonds is 5. The Balaban J connectivity index is 0.00000225. The predicted molar refractivity (Wildman–Crippen MR) is 106 cm³/mol. The summed E-state index contributed by atoms with van der Waals surface area (Å²) in [5, 5.41) is 0.802. The summed E-state index contributed by atoms with van der Waals surface area (Å²) >= 11 is 6.11. The number of fused-ring (bicyclic) bond motifs is 1. The molecule has 1 aliphatic rings. The summed E-state index contributed by atoms with van der Waals surface area (Å²) in [7, 11) is 5.58. The predicted octanol–water partition coefficient (Wildman–Crippen LogP) is 4.94. The molecule has 2 aromatic carbocycles. The number of benzene rings is 2. The van der Waals surface area contributed by atoms with Gasteiger partial charge < -0.3 is 9.47 Å². The van der Waals surface area contributed by atoms with E-state index in [4.69, 9.17) is 21.1 Å². The number of hydrogen-bond acceptors (Lipinski definition) is 3. The second-order valence-electron chi connectivity index (χ2n) is 6.32. The van der Waals surface area contributed by atoms with Crippen LogP contribution in [0.5, 0.6) is 11.5 Å². The summed E-state index contributed by atoms with van der Waals surface area (Å²) in [6, 6.07) is 12.8. The number of likely N-dealkylation sites (N-methyl/N-ethyl adjacent to an activating group) is 1. The molecule has 1 aliphatic heterocycles. The summed E-state index contributed by atoms with van der Waals surface area (Å²) in [4.78, 5) is 2.43. The molecular formula is C20H25Cl2NO2. The van der Waals surface area contributed by atoms with Crippen LogP contribution in [0.1, 0.15) is 29.2 Å². The molecule has 136 valence electrons. The first kappa shape index (κ1) is 19.9. The zero-order valence-electron chi connectivity index (χ0n) is 14.9. The summed E-state index contributed by atoms with van der Waals surface area (Å²) in [6.45, 7) is 1.06. The van der Waals surface area contributed by atoms with E-state index in [0.717, 1.165) is 42.3 Å². The molecule has 0 aromatic heterocycles. The van der Waals surface area contributed by atoms with Crippen LogP contribution < -0.4 is 9.47 Å². The molecule has 0 N–H and O–H groups in total. The van der Waals surface area contributed by atoms with E-state index in [2.05, 4.69) is 36.2 Å². The van der Waals surface area contributed by atoms with E-state index in [1.54, 1.807) is 14.2 Å². The van der Waals surface area contributed by atoms with Gasteiger partial charge in [-0.25, -0.2) is 0 Å². The summed E-state index contributed by atoms with van der Waals surface area (Å²) in [5.74, 6) is 1.62. The van der Waals surface area contributed by atoms with Gasteiger partial charge in [0.15, 0.2) is 11.5 Å². The molecule has 0 spiro atoms. The molecule has 1 atom stereocenters. The third-order valence-corrected chi connectivity index (χ3v) is 5.10. The van der Waals surface area contributed by atoms with Crippen LogP contribution in [0, 0.1) is 0 Å². The van der Waals surface area contributed by atoms with Crippen molar-refractivity contribution in [1.29, 1.82) is 0 Å². The Labute approximate surface area is 161 Å². The van der Waals surface area contributed by atoms with Gasteiger partial charge in [0.25, 0.3) is 0 Å². The van der Waals surface area contributed by atoms with Crippen LogP contribution in [0.4, 0.5) is 0 Å². The van der Waals surface area contributed by atoms with Crippen molar-refractivity contribution in [2.75, 3.05) is 27.8 Å². The highest BCUT2D eigenvalue weighted by molar-refractivity contribution is 6.30. The molecule has 0 amide bonds. The average Bonchev–Trinajstić information content (AvgIpc) is 2.59. The van der Waals surface area contributed by atoms with Crippen LogP contribution in [-0.4, -0.2) is 32.7 Å². The van der Waals surface area contributed by atoms with Crippen LogP contribution in [0.25, 0.3) is 0 Å². The van der Waals surface area contributed by atoms with Gasteiger partial charge >= 0.3 is 0 Å². The van der Waals surface area contributed by atoms with Crippen LogP contribution in [0.3, 0.4) is 0 Å². The Bertz CT molecular complexity index is 721. The van der Waals surface area contributed by atoms with Crippen molar-refractivity contribution in [2.45, 2.75) is 25.3 Å². The van der Waals surface area contributed by atoms with E-state index in [0.29, 0.717) is 6.04 Å². The maximum absolute atomic E-state index is 6.11. The van der Waals surface area contributed by atoms with Gasteiger partial charge in [-0.05, 0) is 67.3 Å². The molecule has 0 fully saturated rings. The maximum atomic E-state index is 6.11. The number of halogens is 2. The molecule has 0 aliphatic carbocycles. The largest absolute Gasteiger partial charge is 0.493 e. The Kier molecular flexibility index (Phi) is 7.00. The summed E-state index contributed by atoms with van der Waals surface area (Å²) < 4.78 is 11.0. The lowest BCUT2D eigenvalue weighted by Crippen LogP contribution is -2.32. The SMILES string of the molecule is COc1cc2c(cc1OC)C(CCc1cccc(Cl)c1)N(C)CC2.Cl. The van der Waals surface area contributed by atoms with Crippen molar-refractivity contribution in [3.8, 4) is 11.5 Å². The molecule has 0 saturated heterocycles. The smallest absolute Gasteiger partial charge is 0.161 e. The molecule has 3 nitrogen and oxygen atoms in total. The van der Waals surface area contributed by atoms with Gasteiger partial charge in [-0.1, -0.05) is 23.7 Å². The number of aryl methyl sites for hydroxylation is 1. The quantitative estimate of drug-likeness (QED) is 0.731. The Hall–Kier alpha value is -1.42. The van der Waals surface area contributed by atoms with Gasteiger partial charge in [0.05, 0.1) is 14.2 Å². The third kappa shape index (κ3) is 4.41. The van der Waals surface area contributed by atoms with Gasteiger partial charge in [0.2, 0.25) is 0 Å². The highest BCUT2D eigenvalue weighted by Crippen LogP contribution is 2.39. The molecule has 1 unspecified atom stereocenters.